The maximum atomic E-state index is 8.92. The Morgan fingerprint density at radius 3 is 2.27 bits per heavy atom. The topological polar surface area (TPSA) is 20.2 Å². The van der Waals surface area contributed by atoms with Gasteiger partial charge in [-0.25, -0.2) is 0 Å². The second-order valence-corrected chi connectivity index (χ2v) is 4.39. The van der Waals surface area contributed by atoms with Crippen molar-refractivity contribution in [3.05, 3.63) is 36.6 Å². The molecule has 0 saturated heterocycles. The molecule has 0 rings (SSSR count). The van der Waals surface area contributed by atoms with Crippen LogP contribution in [0, 0.1) is 11.8 Å². The molecule has 2 unspecified atom stereocenters. The molecule has 0 heterocycles. The summed E-state index contributed by atoms with van der Waals surface area (Å²) in [6, 6.07) is 0. The van der Waals surface area contributed by atoms with Crippen molar-refractivity contribution in [2.45, 2.75) is 40.0 Å². The number of aliphatic hydroxyl groups is 1. The predicted molar refractivity (Wildman–Crippen MR) is 67.9 cm³/mol. The molecule has 0 aromatic heterocycles. The van der Waals surface area contributed by atoms with Crippen molar-refractivity contribution in [3.8, 4) is 0 Å². The molecule has 86 valence electrons. The van der Waals surface area contributed by atoms with E-state index < -0.39 is 0 Å². The molecule has 0 aliphatic carbocycles. The molecule has 1 nitrogen and oxygen atoms in total. The van der Waals surface area contributed by atoms with Crippen molar-refractivity contribution >= 4 is 0 Å². The van der Waals surface area contributed by atoms with Crippen molar-refractivity contribution < 1.29 is 5.11 Å². The average Bonchev–Trinajstić information content (AvgIpc) is 2.21. The molecular formula is C14H24O. The van der Waals surface area contributed by atoms with Crippen LogP contribution in [0.15, 0.2) is 36.6 Å². The molecule has 0 spiro atoms. The Bertz CT molecular complexity index is 238. The lowest BCUT2D eigenvalue weighted by atomic mass is 9.92. The maximum absolute atomic E-state index is 8.92. The second-order valence-electron chi connectivity index (χ2n) is 4.39. The van der Waals surface area contributed by atoms with Gasteiger partial charge in [-0.15, -0.1) is 0 Å². The van der Waals surface area contributed by atoms with Gasteiger partial charge in [-0.2, -0.15) is 0 Å². The van der Waals surface area contributed by atoms with Crippen LogP contribution in [-0.4, -0.2) is 5.11 Å². The summed E-state index contributed by atoms with van der Waals surface area (Å²) in [5.74, 6) is 1.36. The standard InChI is InChI=1S/C14H24O/c1-6-11(2)7-8-12(3)13(4)9-10-14(5)15/h9-12,15H,4-8H2,1-3H3/b10-9-. The Balaban J connectivity index is 3.94. The predicted octanol–water partition coefficient (Wildman–Crippen LogP) is 4.63. The summed E-state index contributed by atoms with van der Waals surface area (Å²) in [4.78, 5) is 0. The summed E-state index contributed by atoms with van der Waals surface area (Å²) in [7, 11) is 0. The first-order valence-electron chi connectivity index (χ1n) is 5.72. The van der Waals surface area contributed by atoms with E-state index in [1.165, 1.54) is 12.8 Å². The first-order valence-corrected chi connectivity index (χ1v) is 5.72. The zero-order chi connectivity index (χ0) is 11.8. The Morgan fingerprint density at radius 1 is 1.20 bits per heavy atom. The fraction of sp³-hybridized carbons (Fsp3) is 0.571. The highest BCUT2D eigenvalue weighted by atomic mass is 16.3. The molecule has 0 aliphatic heterocycles. The summed E-state index contributed by atoms with van der Waals surface area (Å²) >= 11 is 0. The van der Waals surface area contributed by atoms with Crippen molar-refractivity contribution in [1.29, 1.82) is 0 Å². The van der Waals surface area contributed by atoms with E-state index in [9.17, 15) is 0 Å². The van der Waals surface area contributed by atoms with Gasteiger partial charge in [0.2, 0.25) is 0 Å². The molecule has 1 N–H and O–H groups in total. The lowest BCUT2D eigenvalue weighted by molar-refractivity contribution is 0.434. The van der Waals surface area contributed by atoms with Gasteiger partial charge in [0.05, 0.1) is 0 Å². The van der Waals surface area contributed by atoms with Gasteiger partial charge in [-0.3, -0.25) is 0 Å². The van der Waals surface area contributed by atoms with E-state index in [4.69, 9.17) is 5.11 Å². The van der Waals surface area contributed by atoms with Gasteiger partial charge in [0.25, 0.3) is 0 Å². The summed E-state index contributed by atoms with van der Waals surface area (Å²) < 4.78 is 0. The van der Waals surface area contributed by atoms with E-state index in [0.717, 1.165) is 17.9 Å². The Kier molecular flexibility index (Phi) is 6.85. The normalized spacial score (nSPS) is 15.1. The zero-order valence-corrected chi connectivity index (χ0v) is 10.3. The minimum atomic E-state index is 0.0882. The highest BCUT2D eigenvalue weighted by molar-refractivity contribution is 5.22. The molecular weight excluding hydrogens is 184 g/mol. The van der Waals surface area contributed by atoms with E-state index in [1.54, 1.807) is 6.08 Å². The third-order valence-corrected chi connectivity index (χ3v) is 2.91. The van der Waals surface area contributed by atoms with Crippen LogP contribution in [0.5, 0.6) is 0 Å². The monoisotopic (exact) mass is 208 g/mol. The lowest BCUT2D eigenvalue weighted by Gasteiger charge is -2.14. The van der Waals surface area contributed by atoms with Crippen LogP contribution in [0.1, 0.15) is 40.0 Å². The van der Waals surface area contributed by atoms with Gasteiger partial charge in [0.1, 0.15) is 5.76 Å². The third-order valence-electron chi connectivity index (χ3n) is 2.91. The largest absolute Gasteiger partial charge is 0.509 e. The van der Waals surface area contributed by atoms with E-state index in [2.05, 4.69) is 33.9 Å². The third kappa shape index (κ3) is 7.01. The average molecular weight is 208 g/mol. The van der Waals surface area contributed by atoms with Gasteiger partial charge in [0.15, 0.2) is 0 Å². The van der Waals surface area contributed by atoms with Crippen LogP contribution >= 0.6 is 0 Å². The van der Waals surface area contributed by atoms with Gasteiger partial charge in [-0.1, -0.05) is 58.4 Å². The molecule has 15 heavy (non-hydrogen) atoms. The number of allylic oxidation sites excluding steroid dienone is 3. The Labute approximate surface area is 94.2 Å². The number of aliphatic hydroxyl groups excluding tert-OH is 1. The summed E-state index contributed by atoms with van der Waals surface area (Å²) in [6.45, 7) is 14.1. The molecule has 1 heteroatoms. The molecule has 0 amide bonds. The number of hydrogen-bond acceptors (Lipinski definition) is 1. The SMILES string of the molecule is C=C(O)/C=C\C(=C)C(C)CCC(C)CC. The quantitative estimate of drug-likeness (QED) is 0.477. The maximum Gasteiger partial charge on any atom is 0.108 e. The summed E-state index contributed by atoms with van der Waals surface area (Å²) in [6.07, 6.45) is 7.09. The summed E-state index contributed by atoms with van der Waals surface area (Å²) in [5.41, 5.74) is 1.06. The molecule has 0 fully saturated rings. The van der Waals surface area contributed by atoms with Crippen LogP contribution in [0.2, 0.25) is 0 Å². The van der Waals surface area contributed by atoms with Crippen LogP contribution in [0.3, 0.4) is 0 Å². The molecule has 0 aromatic rings. The fourth-order valence-electron chi connectivity index (χ4n) is 1.29. The van der Waals surface area contributed by atoms with Crippen LogP contribution < -0.4 is 0 Å². The van der Waals surface area contributed by atoms with Gasteiger partial charge in [-0.05, 0) is 24.3 Å². The highest BCUT2D eigenvalue weighted by Crippen LogP contribution is 2.20. The van der Waals surface area contributed by atoms with Crippen molar-refractivity contribution in [3.63, 3.8) is 0 Å². The first-order chi connectivity index (χ1) is 6.97. The smallest absolute Gasteiger partial charge is 0.108 e. The van der Waals surface area contributed by atoms with E-state index >= 15 is 0 Å². The number of hydrogen-bond donors (Lipinski definition) is 1. The zero-order valence-electron chi connectivity index (χ0n) is 10.3. The minimum absolute atomic E-state index is 0.0882. The first kappa shape index (κ1) is 14.0. The van der Waals surface area contributed by atoms with E-state index in [0.29, 0.717) is 5.92 Å². The lowest BCUT2D eigenvalue weighted by Crippen LogP contribution is -2.00. The van der Waals surface area contributed by atoms with Crippen molar-refractivity contribution in [1.82, 2.24) is 0 Å². The minimum Gasteiger partial charge on any atom is -0.509 e. The molecule has 0 bridgehead atoms. The second kappa shape index (κ2) is 7.33. The van der Waals surface area contributed by atoms with Crippen molar-refractivity contribution in [2.24, 2.45) is 11.8 Å². The molecule has 0 saturated carbocycles. The van der Waals surface area contributed by atoms with Crippen LogP contribution in [-0.2, 0) is 0 Å². The fourth-order valence-corrected chi connectivity index (χ4v) is 1.29. The molecule has 0 radical (unpaired) electrons. The van der Waals surface area contributed by atoms with Crippen LogP contribution in [0.25, 0.3) is 0 Å². The van der Waals surface area contributed by atoms with E-state index in [1.807, 2.05) is 6.08 Å². The number of rotatable bonds is 7. The van der Waals surface area contributed by atoms with Gasteiger partial charge in [0, 0.05) is 0 Å². The van der Waals surface area contributed by atoms with E-state index in [-0.39, 0.29) is 5.76 Å². The van der Waals surface area contributed by atoms with Crippen molar-refractivity contribution in [2.75, 3.05) is 0 Å². The molecule has 0 aromatic carbocycles. The molecule has 0 aliphatic rings. The van der Waals surface area contributed by atoms with Gasteiger partial charge < -0.3 is 5.11 Å². The molecule has 2 atom stereocenters. The Hall–Kier alpha value is -0.980. The summed E-state index contributed by atoms with van der Waals surface area (Å²) in [5, 5.41) is 8.92. The highest BCUT2D eigenvalue weighted by Gasteiger charge is 2.06. The van der Waals surface area contributed by atoms with Crippen LogP contribution in [0.4, 0.5) is 0 Å². The van der Waals surface area contributed by atoms with Gasteiger partial charge >= 0.3 is 0 Å². The Morgan fingerprint density at radius 2 is 1.80 bits per heavy atom.